The summed E-state index contributed by atoms with van der Waals surface area (Å²) in [5.41, 5.74) is -2.64. The number of aliphatic hydroxyl groups excluding tert-OH is 1. The van der Waals surface area contributed by atoms with Crippen molar-refractivity contribution in [2.45, 2.75) is 45.6 Å². The summed E-state index contributed by atoms with van der Waals surface area (Å²) in [6, 6.07) is 4.14. The van der Waals surface area contributed by atoms with Crippen LogP contribution in [0.1, 0.15) is 30.7 Å². The molecule has 1 aliphatic rings. The van der Waals surface area contributed by atoms with Crippen molar-refractivity contribution < 1.29 is 31.8 Å². The van der Waals surface area contributed by atoms with Crippen molar-refractivity contribution in [2.75, 3.05) is 0 Å². The molecule has 0 fully saturated rings. The van der Waals surface area contributed by atoms with Gasteiger partial charge in [0, 0.05) is 11.3 Å². The summed E-state index contributed by atoms with van der Waals surface area (Å²) in [4.78, 5) is 20.2. The monoisotopic (exact) mass is 517 g/mol. The number of nitrogens with zero attached hydrogens (tertiary/aromatic N) is 4. The maximum atomic E-state index is 14.3. The summed E-state index contributed by atoms with van der Waals surface area (Å²) in [5, 5.41) is 21.8. The predicted octanol–water partition coefficient (Wildman–Crippen LogP) is 4.14. The number of hydrogen-bond donors (Lipinski definition) is 2. The number of nitriles is 1. The van der Waals surface area contributed by atoms with E-state index < -0.39 is 47.6 Å². The van der Waals surface area contributed by atoms with E-state index in [2.05, 4.69) is 15.3 Å². The molecule has 186 valence electrons. The molecule has 14 heteroatoms. The fourth-order valence-electron chi connectivity index (χ4n) is 3.28. The third-order valence-electron chi connectivity index (χ3n) is 5.03. The van der Waals surface area contributed by atoms with Crippen molar-refractivity contribution in [3.63, 3.8) is 0 Å². The number of rotatable bonds is 5. The SMILES string of the molecule is CC1=NC(O)C(Cn2cnc(C(F)(F)C(F)(F)F)c(Oc3c(C)cc(C#N)cc3Cl)c2=O)=C(C)N1. The van der Waals surface area contributed by atoms with Crippen molar-refractivity contribution in [3.05, 3.63) is 61.9 Å². The first kappa shape index (κ1) is 26.1. The normalized spacial score (nSPS) is 16.5. The summed E-state index contributed by atoms with van der Waals surface area (Å²) in [6.45, 7) is 4.04. The average molecular weight is 518 g/mol. The topological polar surface area (TPSA) is 113 Å². The molecule has 0 spiro atoms. The number of amidine groups is 1. The number of aliphatic hydroxyl groups is 1. The van der Waals surface area contributed by atoms with Gasteiger partial charge in [0.1, 0.15) is 11.6 Å². The number of benzene rings is 1. The van der Waals surface area contributed by atoms with Gasteiger partial charge < -0.3 is 15.2 Å². The molecule has 1 atom stereocenters. The van der Waals surface area contributed by atoms with Crippen molar-refractivity contribution in [2.24, 2.45) is 4.99 Å². The van der Waals surface area contributed by atoms with Crippen LogP contribution in [0, 0.1) is 18.3 Å². The van der Waals surface area contributed by atoms with Crippen molar-refractivity contribution in [1.82, 2.24) is 14.9 Å². The van der Waals surface area contributed by atoms with Gasteiger partial charge in [-0.25, -0.2) is 9.98 Å². The maximum Gasteiger partial charge on any atom is 0.459 e. The summed E-state index contributed by atoms with van der Waals surface area (Å²) >= 11 is 6.04. The van der Waals surface area contributed by atoms with E-state index in [1.165, 1.54) is 13.0 Å². The van der Waals surface area contributed by atoms with E-state index in [-0.39, 0.29) is 21.7 Å². The molecule has 2 heterocycles. The smallest absolute Gasteiger partial charge is 0.447 e. The highest BCUT2D eigenvalue weighted by molar-refractivity contribution is 6.32. The van der Waals surface area contributed by atoms with Gasteiger partial charge >= 0.3 is 12.1 Å². The van der Waals surface area contributed by atoms with Crippen molar-refractivity contribution in [3.8, 4) is 17.6 Å². The number of hydrogen-bond acceptors (Lipinski definition) is 7. The fraction of sp³-hybridized carbons (Fsp3) is 0.333. The molecular weight excluding hydrogens is 501 g/mol. The molecule has 0 aliphatic carbocycles. The first-order valence-corrected chi connectivity index (χ1v) is 10.2. The molecule has 2 N–H and O–H groups in total. The van der Waals surface area contributed by atoms with Crippen LogP contribution in [-0.4, -0.2) is 32.9 Å². The van der Waals surface area contributed by atoms with Gasteiger partial charge in [0.2, 0.25) is 5.75 Å². The first-order valence-electron chi connectivity index (χ1n) is 9.79. The van der Waals surface area contributed by atoms with E-state index in [1.54, 1.807) is 19.9 Å². The standard InChI is InChI=1S/C21H17ClF5N5O3/c1-9-4-12(6-28)5-14(22)15(9)35-16-17(20(23,24)21(25,26)27)29-8-32(19(16)34)7-13-10(2)30-11(3)31-18(13)33/h4-5,8,18,33H,7H2,1-3H3,(H,30,31). The van der Waals surface area contributed by atoms with E-state index in [4.69, 9.17) is 21.6 Å². The second-order valence-corrected chi connectivity index (χ2v) is 8.02. The number of halogens is 6. The number of nitrogens with one attached hydrogen (secondary N) is 1. The number of aliphatic imine (C=N–C) groups is 1. The van der Waals surface area contributed by atoms with Gasteiger partial charge in [-0.1, -0.05) is 11.6 Å². The largest absolute Gasteiger partial charge is 0.459 e. The van der Waals surface area contributed by atoms with Crippen LogP contribution in [0.3, 0.4) is 0 Å². The van der Waals surface area contributed by atoms with Crippen LogP contribution in [0.15, 0.2) is 39.5 Å². The Kier molecular flexibility index (Phi) is 6.92. The Hall–Kier alpha value is -3.50. The van der Waals surface area contributed by atoms with Gasteiger partial charge in [-0.05, 0) is 38.5 Å². The van der Waals surface area contributed by atoms with Crippen LogP contribution < -0.4 is 15.6 Å². The van der Waals surface area contributed by atoms with Gasteiger partial charge in [-0.2, -0.15) is 27.2 Å². The van der Waals surface area contributed by atoms with E-state index in [0.29, 0.717) is 22.4 Å². The van der Waals surface area contributed by atoms with E-state index in [9.17, 15) is 31.9 Å². The Bertz CT molecular complexity index is 1320. The lowest BCUT2D eigenvalue weighted by atomic mass is 10.1. The Morgan fingerprint density at radius 3 is 2.43 bits per heavy atom. The van der Waals surface area contributed by atoms with E-state index in [1.807, 2.05) is 0 Å². The molecule has 0 bridgehead atoms. The number of allylic oxidation sites excluding steroid dienone is 1. The van der Waals surface area contributed by atoms with Gasteiger partial charge in [0.15, 0.2) is 11.9 Å². The predicted molar refractivity (Wildman–Crippen MR) is 114 cm³/mol. The molecule has 0 saturated carbocycles. The molecule has 35 heavy (non-hydrogen) atoms. The summed E-state index contributed by atoms with van der Waals surface area (Å²) in [6.07, 6.45) is -6.98. The van der Waals surface area contributed by atoms with E-state index >= 15 is 0 Å². The molecular formula is C21H17ClF5N5O3. The molecule has 1 aliphatic heterocycles. The quantitative estimate of drug-likeness (QED) is 0.577. The van der Waals surface area contributed by atoms with Crippen LogP contribution in [0.4, 0.5) is 22.0 Å². The number of alkyl halides is 5. The molecule has 1 aromatic carbocycles. The van der Waals surface area contributed by atoms with Crippen LogP contribution in [0.2, 0.25) is 5.02 Å². The molecule has 1 unspecified atom stereocenters. The lowest BCUT2D eigenvalue weighted by Gasteiger charge is -2.24. The first-order chi connectivity index (χ1) is 16.2. The molecule has 0 amide bonds. The average Bonchev–Trinajstić information content (AvgIpc) is 2.73. The summed E-state index contributed by atoms with van der Waals surface area (Å²) in [5.74, 6) is -6.99. The fourth-order valence-corrected chi connectivity index (χ4v) is 3.59. The van der Waals surface area contributed by atoms with Gasteiger partial charge in [-0.3, -0.25) is 9.36 Å². The van der Waals surface area contributed by atoms with Crippen molar-refractivity contribution in [1.29, 1.82) is 5.26 Å². The number of aromatic nitrogens is 2. The lowest BCUT2D eigenvalue weighted by Crippen LogP contribution is -2.38. The van der Waals surface area contributed by atoms with Gasteiger partial charge in [-0.15, -0.1) is 0 Å². The lowest BCUT2D eigenvalue weighted by molar-refractivity contribution is -0.291. The molecule has 0 radical (unpaired) electrons. The highest BCUT2D eigenvalue weighted by Gasteiger charge is 2.62. The second-order valence-electron chi connectivity index (χ2n) is 7.61. The molecule has 3 rings (SSSR count). The summed E-state index contributed by atoms with van der Waals surface area (Å²) < 4.78 is 74.0. The Morgan fingerprint density at radius 2 is 1.89 bits per heavy atom. The minimum atomic E-state index is -6.09. The zero-order valence-electron chi connectivity index (χ0n) is 18.3. The zero-order valence-corrected chi connectivity index (χ0v) is 19.1. The highest BCUT2D eigenvalue weighted by Crippen LogP contribution is 2.46. The Labute approximate surface area is 199 Å². The van der Waals surface area contributed by atoms with Gasteiger partial charge in [0.05, 0.1) is 29.5 Å². The second kappa shape index (κ2) is 9.27. The Balaban J connectivity index is 2.19. The van der Waals surface area contributed by atoms with E-state index in [0.717, 1.165) is 6.07 Å². The highest BCUT2D eigenvalue weighted by atomic mass is 35.5. The third kappa shape index (κ3) is 4.98. The van der Waals surface area contributed by atoms with Crippen LogP contribution in [0.5, 0.6) is 11.5 Å². The molecule has 0 saturated heterocycles. The van der Waals surface area contributed by atoms with Crippen LogP contribution in [0.25, 0.3) is 0 Å². The number of aryl methyl sites for hydroxylation is 1. The summed E-state index contributed by atoms with van der Waals surface area (Å²) in [7, 11) is 0. The number of ether oxygens (including phenoxy) is 1. The minimum absolute atomic E-state index is 0.0707. The Morgan fingerprint density at radius 1 is 1.23 bits per heavy atom. The zero-order chi connectivity index (χ0) is 26.3. The maximum absolute atomic E-state index is 14.3. The minimum Gasteiger partial charge on any atom is -0.447 e. The molecule has 2 aromatic rings. The van der Waals surface area contributed by atoms with Crippen molar-refractivity contribution >= 4 is 17.4 Å². The van der Waals surface area contributed by atoms with Crippen LogP contribution >= 0.6 is 11.6 Å². The molecule has 1 aromatic heterocycles. The van der Waals surface area contributed by atoms with Gasteiger partial charge in [0.25, 0.3) is 5.56 Å². The third-order valence-corrected chi connectivity index (χ3v) is 5.31. The van der Waals surface area contributed by atoms with Crippen LogP contribution in [-0.2, 0) is 12.5 Å². The molecule has 8 nitrogen and oxygen atoms in total.